The second-order valence-corrected chi connectivity index (χ2v) is 4.70. The van der Waals surface area contributed by atoms with Crippen LogP contribution < -0.4 is 0 Å². The average molecular weight is 290 g/mol. The zero-order valence-corrected chi connectivity index (χ0v) is 11.9. The Morgan fingerprint density at radius 2 is 2.26 bits per heavy atom. The molecule has 0 aromatic carbocycles. The lowest BCUT2D eigenvalue weighted by Gasteiger charge is -2.16. The van der Waals surface area contributed by atoms with Crippen molar-refractivity contribution in [2.45, 2.75) is 51.6 Å². The predicted molar refractivity (Wildman–Crippen MR) is 72.8 cm³/mol. The van der Waals surface area contributed by atoms with Gasteiger partial charge in [0.2, 0.25) is 0 Å². The normalized spacial score (nSPS) is 19.4. The third kappa shape index (κ3) is 6.05. The lowest BCUT2D eigenvalue weighted by Crippen LogP contribution is -2.28. The van der Waals surface area contributed by atoms with Gasteiger partial charge in [0, 0.05) is 6.42 Å². The van der Waals surface area contributed by atoms with Gasteiger partial charge in [0.05, 0.1) is 12.3 Å². The maximum absolute atomic E-state index is 11.3. The number of carbonyl (C=O) groups excluding carboxylic acids is 2. The fraction of sp³-hybridized carbons (Fsp3) is 0.769. The third-order valence-electron chi connectivity index (χ3n) is 2.88. The van der Waals surface area contributed by atoms with Crippen molar-refractivity contribution in [1.29, 1.82) is 0 Å². The van der Waals surface area contributed by atoms with E-state index < -0.39 is 18.2 Å². The van der Waals surface area contributed by atoms with Gasteiger partial charge >= 0.3 is 12.1 Å². The second-order valence-electron chi connectivity index (χ2n) is 4.43. The fourth-order valence-corrected chi connectivity index (χ4v) is 1.97. The summed E-state index contributed by atoms with van der Waals surface area (Å²) in [6, 6.07) is 0. The summed E-state index contributed by atoms with van der Waals surface area (Å²) in [6.07, 6.45) is 4.28. The van der Waals surface area contributed by atoms with E-state index >= 15 is 0 Å². The highest BCUT2D eigenvalue weighted by Crippen LogP contribution is 2.14. The largest absolute Gasteiger partial charge is 0.455 e. The van der Waals surface area contributed by atoms with Crippen LogP contribution in [0.25, 0.3) is 0 Å². The number of amides is 1. The summed E-state index contributed by atoms with van der Waals surface area (Å²) in [7, 11) is 0. The smallest absolute Gasteiger partial charge is 0.433 e. The van der Waals surface area contributed by atoms with E-state index in [-0.39, 0.29) is 12.5 Å². The van der Waals surface area contributed by atoms with E-state index in [1.807, 2.05) is 0 Å². The van der Waals surface area contributed by atoms with Gasteiger partial charge in [-0.05, 0) is 12.8 Å². The number of rotatable bonds is 7. The van der Waals surface area contributed by atoms with Crippen molar-refractivity contribution in [3.05, 3.63) is 0 Å². The number of cyclic esters (lactones) is 1. The van der Waals surface area contributed by atoms with E-state index in [2.05, 4.69) is 11.9 Å². The Labute approximate surface area is 118 Å². The summed E-state index contributed by atoms with van der Waals surface area (Å²) in [6.45, 7) is 2.34. The fourth-order valence-electron chi connectivity index (χ4n) is 1.91. The van der Waals surface area contributed by atoms with Crippen molar-refractivity contribution in [2.24, 2.45) is 4.99 Å². The van der Waals surface area contributed by atoms with Crippen LogP contribution in [0.5, 0.6) is 0 Å². The molecule has 1 atom stereocenters. The van der Waals surface area contributed by atoms with Crippen molar-refractivity contribution in [1.82, 2.24) is 0 Å². The zero-order chi connectivity index (χ0) is 14.1. The van der Waals surface area contributed by atoms with Gasteiger partial charge in [-0.15, -0.1) is 11.6 Å². The Kier molecular flexibility index (Phi) is 7.48. The Balaban J connectivity index is 2.60. The molecule has 0 aliphatic carbocycles. The van der Waals surface area contributed by atoms with E-state index in [4.69, 9.17) is 21.1 Å². The maximum atomic E-state index is 11.3. The molecule has 0 radical (unpaired) electrons. The first-order valence-corrected chi connectivity index (χ1v) is 7.20. The van der Waals surface area contributed by atoms with Crippen molar-refractivity contribution >= 4 is 29.4 Å². The van der Waals surface area contributed by atoms with Crippen molar-refractivity contribution < 1.29 is 19.1 Å². The van der Waals surface area contributed by atoms with Gasteiger partial charge in [0.25, 0.3) is 0 Å². The number of halogens is 1. The molecular weight excluding hydrogens is 270 g/mol. The molecule has 5 nitrogen and oxygen atoms in total. The number of alkyl halides is 1. The van der Waals surface area contributed by atoms with Crippen LogP contribution in [0.15, 0.2) is 4.99 Å². The third-order valence-corrected chi connectivity index (χ3v) is 3.10. The van der Waals surface area contributed by atoms with Crippen molar-refractivity contribution in [3.8, 4) is 0 Å². The predicted octanol–water partition coefficient (Wildman–Crippen LogP) is 3.09. The zero-order valence-electron chi connectivity index (χ0n) is 11.2. The molecule has 1 rings (SSSR count). The number of hydrogen-bond acceptors (Lipinski definition) is 4. The summed E-state index contributed by atoms with van der Waals surface area (Å²) >= 11 is 5.42. The number of carbonyl (C=O) groups is 2. The number of esters is 1. The van der Waals surface area contributed by atoms with Crippen LogP contribution in [0, 0.1) is 0 Å². The molecule has 1 aliphatic heterocycles. The first-order valence-electron chi connectivity index (χ1n) is 6.67. The molecule has 0 aromatic heterocycles. The highest BCUT2D eigenvalue weighted by molar-refractivity contribution is 6.26. The van der Waals surface area contributed by atoms with E-state index in [1.165, 1.54) is 0 Å². The van der Waals surface area contributed by atoms with E-state index in [1.54, 1.807) is 0 Å². The van der Waals surface area contributed by atoms with Crippen LogP contribution in [0.3, 0.4) is 0 Å². The van der Waals surface area contributed by atoms with Gasteiger partial charge in [-0.1, -0.05) is 26.2 Å². The standard InChI is InChI=1S/C13H20ClNO4/c1-2-3-4-5-6-10-11(19-12(16)9-14)7-8-18-13(17)15-10/h11H,2-9H2,1H3. The van der Waals surface area contributed by atoms with Gasteiger partial charge in [0.1, 0.15) is 12.0 Å². The van der Waals surface area contributed by atoms with Gasteiger partial charge < -0.3 is 9.47 Å². The number of hydrogen-bond donors (Lipinski definition) is 0. The van der Waals surface area contributed by atoms with Gasteiger partial charge in [-0.2, -0.15) is 4.99 Å². The minimum Gasteiger partial charge on any atom is -0.455 e. The summed E-state index contributed by atoms with van der Waals surface area (Å²) in [4.78, 5) is 26.4. The molecule has 1 unspecified atom stereocenters. The average Bonchev–Trinajstić information content (AvgIpc) is 2.57. The van der Waals surface area contributed by atoms with E-state index in [9.17, 15) is 9.59 Å². The molecule has 1 aliphatic rings. The lowest BCUT2D eigenvalue weighted by atomic mass is 10.0. The molecule has 0 spiro atoms. The summed E-state index contributed by atoms with van der Waals surface area (Å²) < 4.78 is 10.1. The van der Waals surface area contributed by atoms with Gasteiger partial charge in [0.15, 0.2) is 0 Å². The van der Waals surface area contributed by atoms with Crippen LogP contribution in [0.2, 0.25) is 0 Å². The van der Waals surface area contributed by atoms with Gasteiger partial charge in [-0.3, -0.25) is 4.79 Å². The first-order chi connectivity index (χ1) is 9.17. The highest BCUT2D eigenvalue weighted by atomic mass is 35.5. The molecule has 0 bridgehead atoms. The molecular formula is C13H20ClNO4. The van der Waals surface area contributed by atoms with E-state index in [0.717, 1.165) is 25.7 Å². The molecule has 0 fully saturated rings. The minimum atomic E-state index is -0.602. The maximum Gasteiger partial charge on any atom is 0.433 e. The monoisotopic (exact) mass is 289 g/mol. The molecule has 0 saturated heterocycles. The molecule has 19 heavy (non-hydrogen) atoms. The molecule has 1 heterocycles. The Morgan fingerprint density at radius 1 is 1.47 bits per heavy atom. The quantitative estimate of drug-likeness (QED) is 0.410. The minimum absolute atomic E-state index is 0.200. The van der Waals surface area contributed by atoms with Gasteiger partial charge in [-0.25, -0.2) is 4.79 Å². The van der Waals surface area contributed by atoms with Crippen molar-refractivity contribution in [2.75, 3.05) is 12.5 Å². The van der Waals surface area contributed by atoms with Crippen LogP contribution >= 0.6 is 11.6 Å². The van der Waals surface area contributed by atoms with Crippen LogP contribution in [-0.4, -0.2) is 36.4 Å². The van der Waals surface area contributed by atoms with Crippen LogP contribution in [-0.2, 0) is 14.3 Å². The number of ether oxygens (including phenoxy) is 2. The highest BCUT2D eigenvalue weighted by Gasteiger charge is 2.24. The number of unbranched alkanes of at least 4 members (excludes halogenated alkanes) is 3. The summed E-state index contributed by atoms with van der Waals surface area (Å²) in [5.41, 5.74) is 0.595. The molecule has 1 amide bonds. The lowest BCUT2D eigenvalue weighted by molar-refractivity contribution is -0.143. The number of aliphatic imine (C=N–C) groups is 1. The summed E-state index contributed by atoms with van der Waals surface area (Å²) in [5.74, 6) is -0.698. The molecule has 0 N–H and O–H groups in total. The second kappa shape index (κ2) is 8.91. The molecule has 0 saturated carbocycles. The van der Waals surface area contributed by atoms with Crippen molar-refractivity contribution in [3.63, 3.8) is 0 Å². The Hall–Kier alpha value is -1.10. The molecule has 0 aromatic rings. The summed E-state index contributed by atoms with van der Waals surface area (Å²) in [5, 5.41) is 0. The molecule has 108 valence electrons. The molecule has 6 heteroatoms. The SMILES string of the molecule is CCCCCCC1=NC(=O)OCCC1OC(=O)CCl. The number of nitrogens with zero attached hydrogens (tertiary/aromatic N) is 1. The Bertz CT molecular complexity index is 344. The Morgan fingerprint density at radius 3 is 2.95 bits per heavy atom. The first kappa shape index (κ1) is 16.0. The topological polar surface area (TPSA) is 65.0 Å². The van der Waals surface area contributed by atoms with Crippen LogP contribution in [0.1, 0.15) is 45.4 Å². The van der Waals surface area contributed by atoms with Crippen LogP contribution in [0.4, 0.5) is 4.79 Å². The van der Waals surface area contributed by atoms with E-state index in [0.29, 0.717) is 18.6 Å².